The third kappa shape index (κ3) is 4.47. The van der Waals surface area contributed by atoms with Gasteiger partial charge in [0.25, 0.3) is 5.91 Å². The maximum atomic E-state index is 12.6. The molecule has 6 nitrogen and oxygen atoms in total. The molecule has 2 fully saturated rings. The lowest BCUT2D eigenvalue weighted by molar-refractivity contribution is -0.125. The SMILES string of the molecule is CC(C)(C)NC(=O)CN1C2CCC1CC(CNC(=O)c1coc3ccccc13)C2. The van der Waals surface area contributed by atoms with Crippen LogP contribution in [0.1, 0.15) is 56.8 Å². The highest BCUT2D eigenvalue weighted by Crippen LogP contribution is 2.38. The molecule has 156 valence electrons. The second kappa shape index (κ2) is 7.82. The van der Waals surface area contributed by atoms with E-state index in [0.29, 0.717) is 36.7 Å². The monoisotopic (exact) mass is 397 g/mol. The normalized spacial score (nSPS) is 24.6. The lowest BCUT2D eigenvalue weighted by atomic mass is 9.90. The van der Waals surface area contributed by atoms with E-state index in [4.69, 9.17) is 4.42 Å². The zero-order valence-electron chi connectivity index (χ0n) is 17.5. The van der Waals surface area contributed by atoms with E-state index in [-0.39, 0.29) is 17.4 Å². The number of fused-ring (bicyclic) bond motifs is 3. The van der Waals surface area contributed by atoms with Gasteiger partial charge in [-0.2, -0.15) is 0 Å². The van der Waals surface area contributed by atoms with E-state index in [9.17, 15) is 9.59 Å². The summed E-state index contributed by atoms with van der Waals surface area (Å²) < 4.78 is 5.49. The van der Waals surface area contributed by atoms with E-state index in [1.54, 1.807) is 6.26 Å². The van der Waals surface area contributed by atoms with Gasteiger partial charge in [0, 0.05) is 29.6 Å². The molecule has 2 aromatic rings. The number of furan rings is 1. The number of carbonyl (C=O) groups is 2. The number of benzene rings is 1. The maximum absolute atomic E-state index is 12.6. The molecule has 2 aliphatic rings. The molecule has 2 N–H and O–H groups in total. The molecule has 0 saturated carbocycles. The maximum Gasteiger partial charge on any atom is 0.255 e. The first-order valence-electron chi connectivity index (χ1n) is 10.6. The standard InChI is InChI=1S/C23H31N3O3/c1-23(2,3)25-21(27)13-26-16-8-9-17(26)11-15(10-16)12-24-22(28)19-14-29-20-7-5-4-6-18(19)20/h4-7,14-17H,8-13H2,1-3H3,(H,24,28)(H,25,27). The van der Waals surface area contributed by atoms with Gasteiger partial charge in [-0.15, -0.1) is 0 Å². The second-order valence-electron chi connectivity index (χ2n) is 9.55. The zero-order valence-corrected chi connectivity index (χ0v) is 17.5. The van der Waals surface area contributed by atoms with Gasteiger partial charge in [-0.1, -0.05) is 18.2 Å². The van der Waals surface area contributed by atoms with E-state index in [0.717, 1.165) is 36.7 Å². The molecule has 3 heterocycles. The lowest BCUT2D eigenvalue weighted by Gasteiger charge is -2.39. The zero-order chi connectivity index (χ0) is 20.6. The van der Waals surface area contributed by atoms with Crippen LogP contribution < -0.4 is 10.6 Å². The van der Waals surface area contributed by atoms with Gasteiger partial charge < -0.3 is 15.1 Å². The summed E-state index contributed by atoms with van der Waals surface area (Å²) in [6, 6.07) is 8.48. The van der Waals surface area contributed by atoms with Crippen molar-refractivity contribution >= 4 is 22.8 Å². The Balaban J connectivity index is 1.31. The highest BCUT2D eigenvalue weighted by Gasteiger charge is 2.41. The number of hydrogen-bond donors (Lipinski definition) is 2. The molecular weight excluding hydrogens is 366 g/mol. The van der Waals surface area contributed by atoms with Gasteiger partial charge in [0.1, 0.15) is 11.8 Å². The van der Waals surface area contributed by atoms with Gasteiger partial charge in [0.2, 0.25) is 5.91 Å². The molecule has 2 atom stereocenters. The van der Waals surface area contributed by atoms with E-state index >= 15 is 0 Å². The first kappa shape index (κ1) is 20.0. The molecule has 0 spiro atoms. The summed E-state index contributed by atoms with van der Waals surface area (Å²) in [6.45, 7) is 7.19. The molecule has 29 heavy (non-hydrogen) atoms. The average molecular weight is 398 g/mol. The fourth-order valence-corrected chi connectivity index (χ4v) is 4.92. The van der Waals surface area contributed by atoms with Crippen molar-refractivity contribution in [2.24, 2.45) is 5.92 Å². The van der Waals surface area contributed by atoms with Crippen LogP contribution in [0.2, 0.25) is 0 Å². The molecule has 1 aromatic heterocycles. The molecule has 2 saturated heterocycles. The van der Waals surface area contributed by atoms with E-state index in [1.807, 2.05) is 45.0 Å². The summed E-state index contributed by atoms with van der Waals surface area (Å²) >= 11 is 0. The Morgan fingerprint density at radius 3 is 2.52 bits per heavy atom. The molecular formula is C23H31N3O3. The smallest absolute Gasteiger partial charge is 0.255 e. The fourth-order valence-electron chi connectivity index (χ4n) is 4.92. The molecule has 4 rings (SSSR count). The number of para-hydroxylation sites is 1. The van der Waals surface area contributed by atoms with Gasteiger partial charge in [-0.05, 0) is 58.4 Å². The number of carbonyl (C=O) groups excluding carboxylic acids is 2. The van der Waals surface area contributed by atoms with Crippen LogP contribution in [0.3, 0.4) is 0 Å². The lowest BCUT2D eigenvalue weighted by Crippen LogP contribution is -2.52. The van der Waals surface area contributed by atoms with Gasteiger partial charge in [-0.25, -0.2) is 0 Å². The van der Waals surface area contributed by atoms with Crippen molar-refractivity contribution in [2.45, 2.75) is 64.1 Å². The molecule has 6 heteroatoms. The fraction of sp³-hybridized carbons (Fsp3) is 0.565. The van der Waals surface area contributed by atoms with Crippen LogP contribution in [0, 0.1) is 5.92 Å². The highest BCUT2D eigenvalue weighted by molar-refractivity contribution is 6.05. The minimum atomic E-state index is -0.198. The second-order valence-corrected chi connectivity index (χ2v) is 9.55. The number of piperidine rings is 1. The van der Waals surface area contributed by atoms with Crippen LogP contribution >= 0.6 is 0 Å². The number of nitrogens with one attached hydrogen (secondary N) is 2. The predicted molar refractivity (Wildman–Crippen MR) is 113 cm³/mol. The van der Waals surface area contributed by atoms with Crippen LogP contribution in [0.5, 0.6) is 0 Å². The van der Waals surface area contributed by atoms with E-state index in [2.05, 4.69) is 15.5 Å². The number of amides is 2. The summed E-state index contributed by atoms with van der Waals surface area (Å²) in [7, 11) is 0. The van der Waals surface area contributed by atoms with Gasteiger partial charge in [0.15, 0.2) is 0 Å². The van der Waals surface area contributed by atoms with Crippen molar-refractivity contribution < 1.29 is 14.0 Å². The Labute approximate surface area is 172 Å². The van der Waals surface area contributed by atoms with Crippen LogP contribution in [0.25, 0.3) is 11.0 Å². The molecule has 0 aliphatic carbocycles. The third-order valence-electron chi connectivity index (χ3n) is 6.10. The molecule has 2 amide bonds. The summed E-state index contributed by atoms with van der Waals surface area (Å²) in [5, 5.41) is 7.03. The predicted octanol–water partition coefficient (Wildman–Crippen LogP) is 3.32. The Hall–Kier alpha value is -2.34. The third-order valence-corrected chi connectivity index (χ3v) is 6.10. The molecule has 2 bridgehead atoms. The van der Waals surface area contributed by atoms with Crippen molar-refractivity contribution in [1.29, 1.82) is 0 Å². The Kier molecular flexibility index (Phi) is 5.38. The Morgan fingerprint density at radius 1 is 1.14 bits per heavy atom. The minimum Gasteiger partial charge on any atom is -0.463 e. The summed E-state index contributed by atoms with van der Waals surface area (Å²) in [5.74, 6) is 0.485. The number of nitrogens with zero attached hydrogens (tertiary/aromatic N) is 1. The molecule has 0 radical (unpaired) electrons. The summed E-state index contributed by atoms with van der Waals surface area (Å²) in [6.07, 6.45) is 5.89. The highest BCUT2D eigenvalue weighted by atomic mass is 16.3. The molecule has 2 unspecified atom stereocenters. The van der Waals surface area contributed by atoms with Crippen LogP contribution in [-0.4, -0.2) is 47.4 Å². The van der Waals surface area contributed by atoms with Crippen LogP contribution in [0.15, 0.2) is 34.9 Å². The van der Waals surface area contributed by atoms with Crippen molar-refractivity contribution in [3.8, 4) is 0 Å². The van der Waals surface area contributed by atoms with Gasteiger partial charge in [0.05, 0.1) is 12.1 Å². The van der Waals surface area contributed by atoms with Crippen molar-refractivity contribution in [2.75, 3.05) is 13.1 Å². The summed E-state index contributed by atoms with van der Waals surface area (Å²) in [5.41, 5.74) is 1.13. The van der Waals surface area contributed by atoms with Gasteiger partial charge >= 0.3 is 0 Å². The van der Waals surface area contributed by atoms with Crippen LogP contribution in [-0.2, 0) is 4.79 Å². The number of hydrogen-bond acceptors (Lipinski definition) is 4. The Morgan fingerprint density at radius 2 is 1.83 bits per heavy atom. The minimum absolute atomic E-state index is 0.0747. The van der Waals surface area contributed by atoms with E-state index < -0.39 is 0 Å². The summed E-state index contributed by atoms with van der Waals surface area (Å²) in [4.78, 5) is 27.4. The van der Waals surface area contributed by atoms with Crippen molar-refractivity contribution in [3.63, 3.8) is 0 Å². The molecule has 1 aromatic carbocycles. The Bertz CT molecular complexity index is 884. The van der Waals surface area contributed by atoms with Crippen molar-refractivity contribution in [3.05, 3.63) is 36.1 Å². The first-order chi connectivity index (χ1) is 13.8. The van der Waals surface area contributed by atoms with Crippen LogP contribution in [0.4, 0.5) is 0 Å². The molecule has 2 aliphatic heterocycles. The topological polar surface area (TPSA) is 74.6 Å². The average Bonchev–Trinajstić information content (AvgIpc) is 3.16. The van der Waals surface area contributed by atoms with E-state index in [1.165, 1.54) is 0 Å². The quantitative estimate of drug-likeness (QED) is 0.812. The largest absolute Gasteiger partial charge is 0.463 e. The van der Waals surface area contributed by atoms with Crippen molar-refractivity contribution in [1.82, 2.24) is 15.5 Å². The number of rotatable bonds is 5. The van der Waals surface area contributed by atoms with Gasteiger partial charge in [-0.3, -0.25) is 14.5 Å². The first-order valence-corrected chi connectivity index (χ1v) is 10.6.